The summed E-state index contributed by atoms with van der Waals surface area (Å²) in [5, 5.41) is 0. The Hall–Kier alpha value is -1.12. The van der Waals surface area contributed by atoms with Gasteiger partial charge >= 0.3 is 0 Å². The third-order valence-corrected chi connectivity index (χ3v) is 3.92. The van der Waals surface area contributed by atoms with E-state index in [0.29, 0.717) is 5.92 Å². The number of hydrogen-bond donors (Lipinski definition) is 1. The van der Waals surface area contributed by atoms with Crippen LogP contribution in [0.2, 0.25) is 0 Å². The average molecular weight is 304 g/mol. The van der Waals surface area contributed by atoms with E-state index in [1.807, 2.05) is 6.07 Å². The molecular weight excluding hydrogens is 286 g/mol. The Bertz CT molecular complexity index is 508. The number of benzene rings is 2. The van der Waals surface area contributed by atoms with Crippen LogP contribution in [0.25, 0.3) is 11.1 Å². The summed E-state index contributed by atoms with van der Waals surface area (Å²) in [6.45, 7) is 2.95. The second kappa shape index (κ2) is 6.17. The molecule has 0 aliphatic rings. The zero-order valence-corrected chi connectivity index (χ0v) is 12.2. The summed E-state index contributed by atoms with van der Waals surface area (Å²) in [6, 6.07) is 17.0. The van der Waals surface area contributed by atoms with Gasteiger partial charge in [-0.3, -0.25) is 0 Å². The van der Waals surface area contributed by atoms with Crippen LogP contribution in [0.3, 0.4) is 0 Å². The highest BCUT2D eigenvalue weighted by atomic mass is 79.9. The van der Waals surface area contributed by atoms with Crippen LogP contribution < -0.4 is 5.73 Å². The minimum atomic E-state index is 0.495. The summed E-state index contributed by atoms with van der Waals surface area (Å²) >= 11 is 3.67. The third kappa shape index (κ3) is 3.01. The Balaban J connectivity index is 2.31. The lowest BCUT2D eigenvalue weighted by atomic mass is 9.95. The maximum Gasteiger partial charge on any atom is 0.0216 e. The molecule has 1 nitrogen and oxygen atoms in total. The molecule has 0 aromatic heterocycles. The fourth-order valence-corrected chi connectivity index (χ4v) is 2.91. The van der Waals surface area contributed by atoms with Crippen molar-refractivity contribution in [3.05, 3.63) is 58.6 Å². The van der Waals surface area contributed by atoms with Gasteiger partial charge in [0.15, 0.2) is 0 Å². The first-order valence-electron chi connectivity index (χ1n) is 6.27. The van der Waals surface area contributed by atoms with Crippen LogP contribution in [0.5, 0.6) is 0 Å². The predicted octanol–water partition coefficient (Wildman–Crippen LogP) is 4.57. The first-order valence-corrected chi connectivity index (χ1v) is 7.06. The largest absolute Gasteiger partial charge is 0.330 e. The second-order valence-corrected chi connectivity index (χ2v) is 5.44. The van der Waals surface area contributed by atoms with Crippen molar-refractivity contribution in [2.45, 2.75) is 19.3 Å². The highest BCUT2D eigenvalue weighted by molar-refractivity contribution is 9.10. The molecule has 0 amide bonds. The van der Waals surface area contributed by atoms with Gasteiger partial charge in [0, 0.05) is 4.47 Å². The molecule has 2 N–H and O–H groups in total. The molecule has 0 saturated carbocycles. The lowest BCUT2D eigenvalue weighted by Crippen LogP contribution is -2.05. The summed E-state index contributed by atoms with van der Waals surface area (Å²) in [5.41, 5.74) is 9.44. The molecule has 0 aliphatic heterocycles. The maximum atomic E-state index is 5.62. The van der Waals surface area contributed by atoms with Crippen LogP contribution in [0, 0.1) is 0 Å². The number of hydrogen-bond acceptors (Lipinski definition) is 1. The summed E-state index contributed by atoms with van der Waals surface area (Å²) in [5.74, 6) is 0.495. The van der Waals surface area contributed by atoms with Crippen molar-refractivity contribution in [1.82, 2.24) is 0 Å². The maximum absolute atomic E-state index is 5.62. The molecule has 18 heavy (non-hydrogen) atoms. The summed E-state index contributed by atoms with van der Waals surface area (Å²) in [7, 11) is 0. The molecule has 94 valence electrons. The SMILES string of the molecule is CC(CCN)c1ccc(-c2ccccc2)cc1Br. The van der Waals surface area contributed by atoms with Crippen LogP contribution in [0.4, 0.5) is 0 Å². The minimum Gasteiger partial charge on any atom is -0.330 e. The topological polar surface area (TPSA) is 26.0 Å². The Morgan fingerprint density at radius 1 is 1.06 bits per heavy atom. The van der Waals surface area contributed by atoms with Gasteiger partial charge in [-0.05, 0) is 41.6 Å². The molecule has 0 fully saturated rings. The van der Waals surface area contributed by atoms with E-state index < -0.39 is 0 Å². The normalized spacial score (nSPS) is 12.4. The molecule has 0 bridgehead atoms. The fraction of sp³-hybridized carbons (Fsp3) is 0.250. The summed E-state index contributed by atoms with van der Waals surface area (Å²) in [4.78, 5) is 0. The van der Waals surface area contributed by atoms with Gasteiger partial charge in [-0.15, -0.1) is 0 Å². The molecule has 2 aromatic rings. The van der Waals surface area contributed by atoms with Crippen molar-refractivity contribution in [2.24, 2.45) is 5.73 Å². The van der Waals surface area contributed by atoms with Crippen LogP contribution in [-0.4, -0.2) is 6.54 Å². The molecule has 1 unspecified atom stereocenters. The molecule has 0 spiro atoms. The lowest BCUT2D eigenvalue weighted by Gasteiger charge is -2.14. The van der Waals surface area contributed by atoms with Crippen molar-refractivity contribution in [3.8, 4) is 11.1 Å². The van der Waals surface area contributed by atoms with Crippen LogP contribution in [0.1, 0.15) is 24.8 Å². The Morgan fingerprint density at radius 3 is 2.39 bits per heavy atom. The van der Waals surface area contributed by atoms with E-state index in [4.69, 9.17) is 5.73 Å². The molecule has 0 saturated heterocycles. The summed E-state index contributed by atoms with van der Waals surface area (Å²) < 4.78 is 1.17. The van der Waals surface area contributed by atoms with Gasteiger partial charge in [0.05, 0.1) is 0 Å². The van der Waals surface area contributed by atoms with E-state index in [0.717, 1.165) is 13.0 Å². The van der Waals surface area contributed by atoms with E-state index >= 15 is 0 Å². The van der Waals surface area contributed by atoms with Crippen LogP contribution >= 0.6 is 15.9 Å². The van der Waals surface area contributed by atoms with Gasteiger partial charge in [-0.25, -0.2) is 0 Å². The number of rotatable bonds is 4. The van der Waals surface area contributed by atoms with Gasteiger partial charge in [-0.2, -0.15) is 0 Å². The quantitative estimate of drug-likeness (QED) is 0.880. The molecule has 2 rings (SSSR count). The highest BCUT2D eigenvalue weighted by Crippen LogP contribution is 2.31. The second-order valence-electron chi connectivity index (χ2n) is 4.58. The standard InChI is InChI=1S/C16H18BrN/c1-12(9-10-18)15-8-7-14(11-16(15)17)13-5-3-2-4-6-13/h2-8,11-12H,9-10,18H2,1H3. The van der Waals surface area contributed by atoms with Crippen LogP contribution in [0.15, 0.2) is 53.0 Å². The first kappa shape index (κ1) is 13.3. The minimum absolute atomic E-state index is 0.495. The van der Waals surface area contributed by atoms with Gasteiger partial charge in [0.25, 0.3) is 0 Å². The zero-order chi connectivity index (χ0) is 13.0. The summed E-state index contributed by atoms with van der Waals surface area (Å²) in [6.07, 6.45) is 1.02. The van der Waals surface area contributed by atoms with E-state index in [1.54, 1.807) is 0 Å². The predicted molar refractivity (Wildman–Crippen MR) is 81.7 cm³/mol. The average Bonchev–Trinajstić information content (AvgIpc) is 2.40. The van der Waals surface area contributed by atoms with Gasteiger partial charge in [0.1, 0.15) is 0 Å². The monoisotopic (exact) mass is 303 g/mol. The molecule has 2 aromatic carbocycles. The molecular formula is C16H18BrN. The molecule has 0 heterocycles. The van der Waals surface area contributed by atoms with E-state index in [2.05, 4.69) is 65.3 Å². The highest BCUT2D eigenvalue weighted by Gasteiger charge is 2.09. The smallest absolute Gasteiger partial charge is 0.0216 e. The van der Waals surface area contributed by atoms with E-state index in [9.17, 15) is 0 Å². The van der Waals surface area contributed by atoms with Gasteiger partial charge in [0.2, 0.25) is 0 Å². The van der Waals surface area contributed by atoms with Gasteiger partial charge in [-0.1, -0.05) is 65.3 Å². The van der Waals surface area contributed by atoms with Crippen LogP contribution in [-0.2, 0) is 0 Å². The lowest BCUT2D eigenvalue weighted by molar-refractivity contribution is 0.687. The Kier molecular flexibility index (Phi) is 4.56. The van der Waals surface area contributed by atoms with E-state index in [-0.39, 0.29) is 0 Å². The Labute approximate surface area is 117 Å². The zero-order valence-electron chi connectivity index (χ0n) is 10.6. The van der Waals surface area contributed by atoms with Crippen molar-refractivity contribution in [3.63, 3.8) is 0 Å². The van der Waals surface area contributed by atoms with Crippen molar-refractivity contribution in [2.75, 3.05) is 6.54 Å². The molecule has 0 aliphatic carbocycles. The molecule has 0 radical (unpaired) electrons. The number of halogens is 1. The van der Waals surface area contributed by atoms with Crippen molar-refractivity contribution >= 4 is 15.9 Å². The van der Waals surface area contributed by atoms with Gasteiger partial charge < -0.3 is 5.73 Å². The number of nitrogens with two attached hydrogens (primary N) is 1. The fourth-order valence-electron chi connectivity index (χ4n) is 2.14. The van der Waals surface area contributed by atoms with Crippen molar-refractivity contribution < 1.29 is 0 Å². The molecule has 1 atom stereocenters. The van der Waals surface area contributed by atoms with E-state index in [1.165, 1.54) is 21.2 Å². The first-order chi connectivity index (χ1) is 8.72. The van der Waals surface area contributed by atoms with Crippen molar-refractivity contribution in [1.29, 1.82) is 0 Å². The third-order valence-electron chi connectivity index (χ3n) is 3.24. The molecule has 2 heteroatoms. The Morgan fingerprint density at radius 2 is 1.78 bits per heavy atom.